The number of rotatable bonds is 6. The van der Waals surface area contributed by atoms with Gasteiger partial charge in [-0.1, -0.05) is 30.3 Å². The van der Waals surface area contributed by atoms with Gasteiger partial charge in [0.15, 0.2) is 0 Å². The Morgan fingerprint density at radius 3 is 2.35 bits per heavy atom. The van der Waals surface area contributed by atoms with Crippen LogP contribution in [0, 0.1) is 0 Å². The lowest BCUT2D eigenvalue weighted by molar-refractivity contribution is -0.123. The fourth-order valence-corrected chi connectivity index (χ4v) is 3.34. The van der Waals surface area contributed by atoms with Crippen LogP contribution in [0.5, 0.6) is 5.75 Å². The molecule has 0 aliphatic rings. The first-order valence-corrected chi connectivity index (χ1v) is 8.99. The lowest BCUT2D eigenvalue weighted by Gasteiger charge is -2.15. The van der Waals surface area contributed by atoms with E-state index >= 15 is 0 Å². The Kier molecular flexibility index (Phi) is 7.16. The number of benzene rings is 2. The predicted molar refractivity (Wildman–Crippen MR) is 104 cm³/mol. The molecule has 9 heteroatoms. The van der Waals surface area contributed by atoms with Crippen molar-refractivity contribution in [3.63, 3.8) is 0 Å². The van der Waals surface area contributed by atoms with Crippen LogP contribution in [0.2, 0.25) is 0 Å². The van der Waals surface area contributed by atoms with Gasteiger partial charge in [-0.25, -0.2) is 10.2 Å². The minimum atomic E-state index is -1.29. The summed E-state index contributed by atoms with van der Waals surface area (Å²) in [5.41, 5.74) is 3.76. The van der Waals surface area contributed by atoms with Crippen LogP contribution in [0.3, 0.4) is 0 Å². The Morgan fingerprint density at radius 2 is 1.77 bits per heavy atom. The van der Waals surface area contributed by atoms with E-state index in [1.807, 2.05) is 18.2 Å². The molecule has 1 atom stereocenters. The van der Waals surface area contributed by atoms with Gasteiger partial charge in [0.25, 0.3) is 5.91 Å². The lowest BCUT2D eigenvalue weighted by atomic mass is 10.1. The fourth-order valence-electron chi connectivity index (χ4n) is 2.12. The molecule has 0 saturated heterocycles. The molecule has 2 rings (SSSR count). The van der Waals surface area contributed by atoms with E-state index in [-0.39, 0.29) is 12.2 Å². The Morgan fingerprint density at radius 1 is 1.15 bits per heavy atom. The van der Waals surface area contributed by atoms with Crippen LogP contribution in [-0.4, -0.2) is 34.5 Å². The number of hydrogen-bond donors (Lipinski definition) is 4. The first-order chi connectivity index (χ1) is 12.4. The van der Waals surface area contributed by atoms with Crippen molar-refractivity contribution in [2.45, 2.75) is 12.5 Å². The second-order valence-electron chi connectivity index (χ2n) is 5.26. The quantitative estimate of drug-likeness (QED) is 0.372. The number of nitrogens with one attached hydrogen (secondary N) is 2. The standard InChI is InChI=1S/C17H15Br2N3O4/c18-12-6-11(7-13(19)15(12)23)9-20-22-16(24)14(21-17(25)26)8-10-4-2-1-3-5-10/h1-7,9,14,21,23H,8H2,(H,22,24)(H,25,26)/b20-9+. The molecule has 1 unspecified atom stereocenters. The zero-order valence-electron chi connectivity index (χ0n) is 13.3. The maximum atomic E-state index is 12.3. The highest BCUT2D eigenvalue weighted by atomic mass is 79.9. The summed E-state index contributed by atoms with van der Waals surface area (Å²) >= 11 is 6.40. The second-order valence-corrected chi connectivity index (χ2v) is 6.97. The third-order valence-electron chi connectivity index (χ3n) is 3.32. The van der Waals surface area contributed by atoms with Crippen LogP contribution in [0.4, 0.5) is 4.79 Å². The summed E-state index contributed by atoms with van der Waals surface area (Å²) in [6.07, 6.45) is 0.286. The number of halogens is 2. The van der Waals surface area contributed by atoms with Crippen molar-refractivity contribution in [1.29, 1.82) is 0 Å². The summed E-state index contributed by atoms with van der Waals surface area (Å²) < 4.78 is 0.934. The topological polar surface area (TPSA) is 111 Å². The van der Waals surface area contributed by atoms with Crippen molar-refractivity contribution >= 4 is 50.1 Å². The monoisotopic (exact) mass is 483 g/mol. The molecule has 2 aromatic carbocycles. The number of carbonyl (C=O) groups is 2. The van der Waals surface area contributed by atoms with E-state index in [2.05, 4.69) is 47.7 Å². The number of phenolic OH excluding ortho intramolecular Hbond substituents is 1. The Labute approximate surface area is 166 Å². The smallest absolute Gasteiger partial charge is 0.405 e. The molecule has 2 aromatic rings. The average Bonchev–Trinajstić information content (AvgIpc) is 2.59. The van der Waals surface area contributed by atoms with Gasteiger partial charge in [-0.15, -0.1) is 0 Å². The highest BCUT2D eigenvalue weighted by Gasteiger charge is 2.20. The predicted octanol–water partition coefficient (Wildman–Crippen LogP) is 3.25. The van der Waals surface area contributed by atoms with E-state index in [0.29, 0.717) is 14.5 Å². The van der Waals surface area contributed by atoms with Crippen molar-refractivity contribution in [2.75, 3.05) is 0 Å². The largest absolute Gasteiger partial charge is 0.506 e. The van der Waals surface area contributed by atoms with Crippen molar-refractivity contribution in [3.05, 3.63) is 62.5 Å². The number of phenols is 1. The number of hydrazone groups is 1. The molecule has 0 radical (unpaired) electrons. The third-order valence-corrected chi connectivity index (χ3v) is 4.53. The summed E-state index contributed by atoms with van der Waals surface area (Å²) in [5.74, 6) is -0.524. The third kappa shape index (κ3) is 5.85. The molecule has 0 spiro atoms. The summed E-state index contributed by atoms with van der Waals surface area (Å²) in [5, 5.41) is 24.6. The number of amides is 2. The van der Waals surface area contributed by atoms with Gasteiger partial charge in [0.05, 0.1) is 15.2 Å². The molecule has 0 fully saturated rings. The Balaban J connectivity index is 2.05. The van der Waals surface area contributed by atoms with Gasteiger partial charge < -0.3 is 15.5 Å². The minimum Gasteiger partial charge on any atom is -0.506 e. The molecule has 0 heterocycles. The minimum absolute atomic E-state index is 0.0553. The summed E-state index contributed by atoms with van der Waals surface area (Å²) in [7, 11) is 0. The van der Waals surface area contributed by atoms with Crippen LogP contribution in [-0.2, 0) is 11.2 Å². The lowest BCUT2D eigenvalue weighted by Crippen LogP contribution is -2.46. The van der Waals surface area contributed by atoms with E-state index in [1.54, 1.807) is 24.3 Å². The first kappa shape index (κ1) is 19.9. The zero-order valence-corrected chi connectivity index (χ0v) is 16.5. The molecule has 2 amide bonds. The number of carbonyl (C=O) groups excluding carboxylic acids is 1. The molecule has 26 heavy (non-hydrogen) atoms. The number of carboxylic acid groups (broad SMARTS) is 1. The van der Waals surface area contributed by atoms with E-state index in [9.17, 15) is 14.7 Å². The average molecular weight is 485 g/mol. The van der Waals surface area contributed by atoms with E-state index < -0.39 is 18.0 Å². The van der Waals surface area contributed by atoms with E-state index in [1.165, 1.54) is 6.21 Å². The molecule has 7 nitrogen and oxygen atoms in total. The van der Waals surface area contributed by atoms with E-state index in [4.69, 9.17) is 5.11 Å². The van der Waals surface area contributed by atoms with Gasteiger partial charge >= 0.3 is 6.09 Å². The van der Waals surface area contributed by atoms with Crippen LogP contribution >= 0.6 is 31.9 Å². The molecule has 136 valence electrons. The van der Waals surface area contributed by atoms with Gasteiger partial charge in [0.1, 0.15) is 11.8 Å². The van der Waals surface area contributed by atoms with Gasteiger partial charge in [-0.3, -0.25) is 4.79 Å². The van der Waals surface area contributed by atoms with E-state index in [0.717, 1.165) is 5.56 Å². The first-order valence-electron chi connectivity index (χ1n) is 7.41. The Hall–Kier alpha value is -2.39. The van der Waals surface area contributed by atoms with Crippen LogP contribution in [0.15, 0.2) is 56.5 Å². The molecule has 0 saturated carbocycles. The molecule has 0 aromatic heterocycles. The Bertz CT molecular complexity index is 805. The molecular weight excluding hydrogens is 470 g/mol. The molecule has 4 N–H and O–H groups in total. The van der Waals surface area contributed by atoms with Crippen molar-refractivity contribution in [3.8, 4) is 5.75 Å². The summed E-state index contributed by atoms with van der Waals surface area (Å²) in [6.45, 7) is 0. The van der Waals surface area contributed by atoms with Crippen LogP contribution < -0.4 is 10.7 Å². The fraction of sp³-hybridized carbons (Fsp3) is 0.118. The highest BCUT2D eigenvalue weighted by Crippen LogP contribution is 2.32. The van der Waals surface area contributed by atoms with Gasteiger partial charge in [-0.05, 0) is 55.1 Å². The van der Waals surface area contributed by atoms with Gasteiger partial charge in [-0.2, -0.15) is 5.10 Å². The van der Waals surface area contributed by atoms with Crippen molar-refractivity contribution in [2.24, 2.45) is 5.10 Å². The van der Waals surface area contributed by atoms with Gasteiger partial charge in [0, 0.05) is 6.42 Å². The SMILES string of the molecule is O=C(O)NC(Cc1ccccc1)C(=O)N/N=C/c1cc(Br)c(O)c(Br)c1. The molecule has 0 aliphatic carbocycles. The van der Waals surface area contributed by atoms with Crippen LogP contribution in [0.1, 0.15) is 11.1 Å². The number of hydrogen-bond acceptors (Lipinski definition) is 4. The summed E-state index contributed by atoms with van der Waals surface area (Å²) in [4.78, 5) is 23.2. The zero-order chi connectivity index (χ0) is 19.1. The normalized spacial score (nSPS) is 11.9. The number of nitrogens with zero attached hydrogens (tertiary/aromatic N) is 1. The number of aromatic hydroxyl groups is 1. The summed E-state index contributed by atoms with van der Waals surface area (Å²) in [6, 6.07) is 11.3. The maximum absolute atomic E-state index is 12.3. The molecular formula is C17H15Br2N3O4. The maximum Gasteiger partial charge on any atom is 0.405 e. The highest BCUT2D eigenvalue weighted by molar-refractivity contribution is 9.11. The molecule has 0 aliphatic heterocycles. The van der Waals surface area contributed by atoms with Crippen molar-refractivity contribution in [1.82, 2.24) is 10.7 Å². The second kappa shape index (κ2) is 9.35. The van der Waals surface area contributed by atoms with Crippen LogP contribution in [0.25, 0.3) is 0 Å². The van der Waals surface area contributed by atoms with Crippen molar-refractivity contribution < 1.29 is 19.8 Å². The molecule has 0 bridgehead atoms. The van der Waals surface area contributed by atoms with Gasteiger partial charge in [0.2, 0.25) is 0 Å².